The predicted octanol–water partition coefficient (Wildman–Crippen LogP) is 4.68. The Balaban J connectivity index is 1.89. The van der Waals surface area contributed by atoms with E-state index in [9.17, 15) is 4.79 Å². The topological polar surface area (TPSA) is 38.3 Å². The molecule has 0 aliphatic heterocycles. The van der Waals surface area contributed by atoms with E-state index in [1.165, 1.54) is 16.7 Å². The molecule has 1 amide bonds. The van der Waals surface area contributed by atoms with Crippen molar-refractivity contribution in [3.63, 3.8) is 0 Å². The highest BCUT2D eigenvalue weighted by molar-refractivity contribution is 5.78. The number of aryl methyl sites for hydroxylation is 2. The molecular formula is C21H27NO2. The van der Waals surface area contributed by atoms with Gasteiger partial charge in [-0.1, -0.05) is 49.7 Å². The van der Waals surface area contributed by atoms with Crippen LogP contribution in [0, 0.1) is 13.8 Å². The molecule has 0 radical (unpaired) electrons. The average Bonchev–Trinajstić information content (AvgIpc) is 2.55. The van der Waals surface area contributed by atoms with Crippen molar-refractivity contribution < 1.29 is 9.53 Å². The number of hydrogen-bond acceptors (Lipinski definition) is 2. The zero-order valence-electron chi connectivity index (χ0n) is 15.2. The smallest absolute Gasteiger partial charge is 0.258 e. The second-order valence-corrected chi connectivity index (χ2v) is 6.66. The van der Waals surface area contributed by atoms with E-state index in [1.807, 2.05) is 31.2 Å². The van der Waals surface area contributed by atoms with Gasteiger partial charge in [0.15, 0.2) is 6.61 Å². The van der Waals surface area contributed by atoms with Crippen LogP contribution in [0.25, 0.3) is 0 Å². The van der Waals surface area contributed by atoms with E-state index < -0.39 is 0 Å². The molecule has 0 heterocycles. The molecule has 2 aromatic carbocycles. The number of nitrogens with one attached hydrogen (secondary N) is 1. The van der Waals surface area contributed by atoms with Crippen LogP contribution >= 0.6 is 0 Å². The molecule has 24 heavy (non-hydrogen) atoms. The lowest BCUT2D eigenvalue weighted by molar-refractivity contribution is -0.123. The zero-order chi connectivity index (χ0) is 17.7. The van der Waals surface area contributed by atoms with Crippen molar-refractivity contribution in [1.29, 1.82) is 0 Å². The maximum Gasteiger partial charge on any atom is 0.258 e. The van der Waals surface area contributed by atoms with Crippen molar-refractivity contribution in [2.45, 2.75) is 46.6 Å². The fraction of sp³-hybridized carbons (Fsp3) is 0.381. The summed E-state index contributed by atoms with van der Waals surface area (Å²) in [6.45, 7) is 10.4. The van der Waals surface area contributed by atoms with Crippen molar-refractivity contribution in [2.75, 3.05) is 6.61 Å². The third kappa shape index (κ3) is 4.85. The highest BCUT2D eigenvalue weighted by Crippen LogP contribution is 2.20. The van der Waals surface area contributed by atoms with Gasteiger partial charge in [-0.25, -0.2) is 0 Å². The van der Waals surface area contributed by atoms with Gasteiger partial charge >= 0.3 is 0 Å². The van der Waals surface area contributed by atoms with E-state index >= 15 is 0 Å². The van der Waals surface area contributed by atoms with Crippen LogP contribution in [0.3, 0.4) is 0 Å². The molecule has 1 atom stereocenters. The largest absolute Gasteiger partial charge is 0.484 e. The minimum atomic E-state index is -0.114. The van der Waals surface area contributed by atoms with Crippen LogP contribution < -0.4 is 10.1 Å². The SMILES string of the molecule is Cc1ccc(C)c([C@H](C)NC(=O)COc2ccc(C(C)C)cc2)c1. The fourth-order valence-corrected chi connectivity index (χ4v) is 2.69. The molecule has 0 saturated carbocycles. The Morgan fingerprint density at radius 1 is 1.04 bits per heavy atom. The second-order valence-electron chi connectivity index (χ2n) is 6.66. The van der Waals surface area contributed by atoms with Gasteiger partial charge in [-0.2, -0.15) is 0 Å². The van der Waals surface area contributed by atoms with Gasteiger partial charge in [0.25, 0.3) is 5.91 Å². The minimum Gasteiger partial charge on any atom is -0.484 e. The van der Waals surface area contributed by atoms with Gasteiger partial charge in [-0.15, -0.1) is 0 Å². The van der Waals surface area contributed by atoms with Gasteiger partial charge in [0.2, 0.25) is 0 Å². The number of ether oxygens (including phenoxy) is 1. The number of amides is 1. The van der Waals surface area contributed by atoms with Crippen LogP contribution in [0.5, 0.6) is 5.75 Å². The third-order valence-corrected chi connectivity index (χ3v) is 4.20. The van der Waals surface area contributed by atoms with Gasteiger partial charge < -0.3 is 10.1 Å². The van der Waals surface area contributed by atoms with Gasteiger partial charge in [0.05, 0.1) is 6.04 Å². The lowest BCUT2D eigenvalue weighted by Gasteiger charge is -2.17. The van der Waals surface area contributed by atoms with Gasteiger partial charge in [0, 0.05) is 0 Å². The average molecular weight is 325 g/mol. The van der Waals surface area contributed by atoms with Crippen LogP contribution in [0.1, 0.15) is 55.0 Å². The molecule has 0 aliphatic rings. The monoisotopic (exact) mass is 325 g/mol. The summed E-state index contributed by atoms with van der Waals surface area (Å²) in [5.41, 5.74) is 4.77. The van der Waals surface area contributed by atoms with Crippen LogP contribution in [-0.2, 0) is 4.79 Å². The Labute approximate surface area is 145 Å². The normalized spacial score (nSPS) is 12.1. The molecule has 0 aromatic heterocycles. The number of carbonyl (C=O) groups is 1. The van der Waals surface area contributed by atoms with E-state index in [4.69, 9.17) is 4.74 Å². The number of benzene rings is 2. The first-order chi connectivity index (χ1) is 11.4. The first-order valence-corrected chi connectivity index (χ1v) is 8.46. The first-order valence-electron chi connectivity index (χ1n) is 8.46. The standard InChI is InChI=1S/C21H27NO2/c1-14(2)18-8-10-19(11-9-18)24-13-21(23)22-17(5)20-12-15(3)6-7-16(20)4/h6-12,14,17H,13H2,1-5H3,(H,22,23)/t17-/m0/s1. The minimum absolute atomic E-state index is 0.0240. The summed E-state index contributed by atoms with van der Waals surface area (Å²) < 4.78 is 5.58. The van der Waals surface area contributed by atoms with Gasteiger partial charge in [-0.05, 0) is 55.5 Å². The third-order valence-electron chi connectivity index (χ3n) is 4.20. The number of hydrogen-bond donors (Lipinski definition) is 1. The molecule has 128 valence electrons. The lowest BCUT2D eigenvalue weighted by Crippen LogP contribution is -2.31. The Bertz CT molecular complexity index is 689. The molecule has 0 spiro atoms. The van der Waals surface area contributed by atoms with Crippen molar-refractivity contribution in [2.24, 2.45) is 0 Å². The molecular weight excluding hydrogens is 298 g/mol. The number of carbonyl (C=O) groups excluding carboxylic acids is 1. The maximum absolute atomic E-state index is 12.1. The van der Waals surface area contributed by atoms with E-state index in [0.29, 0.717) is 11.7 Å². The predicted molar refractivity (Wildman–Crippen MR) is 98.5 cm³/mol. The van der Waals surface area contributed by atoms with Crippen molar-refractivity contribution in [3.8, 4) is 5.75 Å². The summed E-state index contributed by atoms with van der Waals surface area (Å²) in [7, 11) is 0. The molecule has 3 heteroatoms. The van der Waals surface area contributed by atoms with E-state index in [0.717, 1.165) is 5.56 Å². The summed E-state index contributed by atoms with van der Waals surface area (Å²) in [5.74, 6) is 1.09. The molecule has 0 saturated heterocycles. The van der Waals surface area contributed by atoms with Gasteiger partial charge in [0.1, 0.15) is 5.75 Å². The number of rotatable bonds is 6. The highest BCUT2D eigenvalue weighted by atomic mass is 16.5. The van der Waals surface area contributed by atoms with Crippen LogP contribution in [0.2, 0.25) is 0 Å². The second kappa shape index (κ2) is 8.00. The Morgan fingerprint density at radius 3 is 2.33 bits per heavy atom. The first kappa shape index (κ1) is 18.1. The molecule has 2 rings (SSSR count). The van der Waals surface area contributed by atoms with E-state index in [2.05, 4.69) is 51.2 Å². The van der Waals surface area contributed by atoms with E-state index in [1.54, 1.807) is 0 Å². The Kier molecular flexibility index (Phi) is 6.02. The summed E-state index contributed by atoms with van der Waals surface area (Å²) >= 11 is 0. The molecule has 0 fully saturated rings. The summed E-state index contributed by atoms with van der Waals surface area (Å²) in [6.07, 6.45) is 0. The summed E-state index contributed by atoms with van der Waals surface area (Å²) in [4.78, 5) is 12.1. The van der Waals surface area contributed by atoms with Gasteiger partial charge in [-0.3, -0.25) is 4.79 Å². The summed E-state index contributed by atoms with van der Waals surface area (Å²) in [5, 5.41) is 3.00. The van der Waals surface area contributed by atoms with Crippen molar-refractivity contribution >= 4 is 5.91 Å². The maximum atomic E-state index is 12.1. The van der Waals surface area contributed by atoms with Crippen LogP contribution in [0.4, 0.5) is 0 Å². The lowest BCUT2D eigenvalue weighted by atomic mass is 10.00. The van der Waals surface area contributed by atoms with E-state index in [-0.39, 0.29) is 18.6 Å². The molecule has 2 aromatic rings. The zero-order valence-corrected chi connectivity index (χ0v) is 15.2. The molecule has 0 unspecified atom stereocenters. The van der Waals surface area contributed by atoms with Crippen LogP contribution in [0.15, 0.2) is 42.5 Å². The highest BCUT2D eigenvalue weighted by Gasteiger charge is 2.12. The molecule has 1 N–H and O–H groups in total. The summed E-state index contributed by atoms with van der Waals surface area (Å²) in [6, 6.07) is 14.1. The Morgan fingerprint density at radius 2 is 1.71 bits per heavy atom. The van der Waals surface area contributed by atoms with Crippen molar-refractivity contribution in [1.82, 2.24) is 5.32 Å². The van der Waals surface area contributed by atoms with Crippen molar-refractivity contribution in [3.05, 3.63) is 64.7 Å². The molecule has 3 nitrogen and oxygen atoms in total. The Hall–Kier alpha value is -2.29. The quantitative estimate of drug-likeness (QED) is 0.837. The molecule has 0 bridgehead atoms. The fourth-order valence-electron chi connectivity index (χ4n) is 2.69. The van der Waals surface area contributed by atoms with Crippen LogP contribution in [-0.4, -0.2) is 12.5 Å². The molecule has 0 aliphatic carbocycles.